The Kier molecular flexibility index (Phi) is 3.53. The Balaban J connectivity index is 1.90. The molecule has 1 aromatic carbocycles. The zero-order chi connectivity index (χ0) is 13.4. The molecular weight excluding hydrogens is 234 g/mol. The SMILES string of the molecule is CC1CCCN(C2CCCc3cc(O)ccc32)C1C. The molecule has 1 aliphatic heterocycles. The third-order valence-corrected chi connectivity index (χ3v) is 5.23. The number of piperidine rings is 1. The molecule has 0 spiro atoms. The molecule has 19 heavy (non-hydrogen) atoms. The Bertz CT molecular complexity index is 457. The fraction of sp³-hybridized carbons (Fsp3) is 0.647. The van der Waals surface area contributed by atoms with E-state index in [1.165, 1.54) is 43.4 Å². The smallest absolute Gasteiger partial charge is 0.115 e. The van der Waals surface area contributed by atoms with Gasteiger partial charge in [-0.15, -0.1) is 0 Å². The molecular formula is C17H25NO. The number of benzene rings is 1. The molecule has 3 unspecified atom stereocenters. The summed E-state index contributed by atoms with van der Waals surface area (Å²) < 4.78 is 0. The van der Waals surface area contributed by atoms with Crippen molar-refractivity contribution in [3.05, 3.63) is 29.3 Å². The molecule has 0 saturated carbocycles. The van der Waals surface area contributed by atoms with Crippen LogP contribution in [0.1, 0.15) is 56.7 Å². The number of hydrogen-bond donors (Lipinski definition) is 1. The van der Waals surface area contributed by atoms with Crippen LogP contribution in [0, 0.1) is 5.92 Å². The molecule has 3 rings (SSSR count). The van der Waals surface area contributed by atoms with Gasteiger partial charge in [-0.1, -0.05) is 13.0 Å². The first-order chi connectivity index (χ1) is 9.16. The Morgan fingerprint density at radius 2 is 2.00 bits per heavy atom. The number of aromatic hydroxyl groups is 1. The maximum Gasteiger partial charge on any atom is 0.115 e. The summed E-state index contributed by atoms with van der Waals surface area (Å²) in [5.41, 5.74) is 2.83. The highest BCUT2D eigenvalue weighted by molar-refractivity contribution is 5.38. The van der Waals surface area contributed by atoms with Crippen LogP contribution in [0.2, 0.25) is 0 Å². The minimum atomic E-state index is 0.416. The number of hydrogen-bond acceptors (Lipinski definition) is 2. The van der Waals surface area contributed by atoms with E-state index in [0.717, 1.165) is 12.3 Å². The van der Waals surface area contributed by atoms with Crippen LogP contribution < -0.4 is 0 Å². The van der Waals surface area contributed by atoms with E-state index < -0.39 is 0 Å². The normalized spacial score (nSPS) is 32.0. The zero-order valence-corrected chi connectivity index (χ0v) is 12.1. The largest absolute Gasteiger partial charge is 0.508 e. The molecule has 3 atom stereocenters. The molecule has 2 heteroatoms. The monoisotopic (exact) mass is 259 g/mol. The van der Waals surface area contributed by atoms with Gasteiger partial charge in [0.1, 0.15) is 5.75 Å². The number of aryl methyl sites for hydroxylation is 1. The van der Waals surface area contributed by atoms with Gasteiger partial charge in [0, 0.05) is 12.1 Å². The van der Waals surface area contributed by atoms with Gasteiger partial charge < -0.3 is 5.11 Å². The van der Waals surface area contributed by atoms with Crippen molar-refractivity contribution in [2.45, 2.75) is 58.0 Å². The molecule has 1 aliphatic carbocycles. The van der Waals surface area contributed by atoms with Gasteiger partial charge in [0.15, 0.2) is 0 Å². The van der Waals surface area contributed by atoms with E-state index >= 15 is 0 Å². The molecule has 1 fully saturated rings. The average molecular weight is 259 g/mol. The molecule has 1 N–H and O–H groups in total. The number of likely N-dealkylation sites (tertiary alicyclic amines) is 1. The summed E-state index contributed by atoms with van der Waals surface area (Å²) >= 11 is 0. The van der Waals surface area contributed by atoms with Crippen LogP contribution in [-0.2, 0) is 6.42 Å². The average Bonchev–Trinajstić information content (AvgIpc) is 2.41. The van der Waals surface area contributed by atoms with Crippen molar-refractivity contribution < 1.29 is 5.11 Å². The summed E-state index contributed by atoms with van der Waals surface area (Å²) in [5.74, 6) is 1.22. The number of fused-ring (bicyclic) bond motifs is 1. The zero-order valence-electron chi connectivity index (χ0n) is 12.1. The topological polar surface area (TPSA) is 23.5 Å². The van der Waals surface area contributed by atoms with Gasteiger partial charge in [-0.2, -0.15) is 0 Å². The first-order valence-electron chi connectivity index (χ1n) is 7.74. The second-order valence-corrected chi connectivity index (χ2v) is 6.39. The van der Waals surface area contributed by atoms with Crippen LogP contribution in [-0.4, -0.2) is 22.6 Å². The fourth-order valence-corrected chi connectivity index (χ4v) is 3.93. The second kappa shape index (κ2) is 5.16. The van der Waals surface area contributed by atoms with Gasteiger partial charge in [0.25, 0.3) is 0 Å². The van der Waals surface area contributed by atoms with Crippen LogP contribution in [0.3, 0.4) is 0 Å². The summed E-state index contributed by atoms with van der Waals surface area (Å²) in [6, 6.07) is 7.23. The van der Waals surface area contributed by atoms with E-state index in [2.05, 4.69) is 24.8 Å². The molecule has 2 nitrogen and oxygen atoms in total. The predicted molar refractivity (Wildman–Crippen MR) is 78.4 cm³/mol. The Labute approximate surface area is 116 Å². The third-order valence-electron chi connectivity index (χ3n) is 5.23. The predicted octanol–water partition coefficient (Wildman–Crippen LogP) is 3.89. The van der Waals surface area contributed by atoms with Gasteiger partial charge in [0.05, 0.1) is 0 Å². The lowest BCUT2D eigenvalue weighted by Gasteiger charge is -2.45. The molecule has 0 bridgehead atoms. The second-order valence-electron chi connectivity index (χ2n) is 6.39. The fourth-order valence-electron chi connectivity index (χ4n) is 3.93. The molecule has 2 aliphatic rings. The minimum absolute atomic E-state index is 0.416. The summed E-state index contributed by atoms with van der Waals surface area (Å²) in [5, 5.41) is 9.67. The highest BCUT2D eigenvalue weighted by Crippen LogP contribution is 2.39. The maximum absolute atomic E-state index is 9.67. The summed E-state index contributed by atoms with van der Waals surface area (Å²) in [6.45, 7) is 6.01. The van der Waals surface area contributed by atoms with Crippen molar-refractivity contribution >= 4 is 0 Å². The first kappa shape index (κ1) is 13.0. The molecule has 0 aromatic heterocycles. The lowest BCUT2D eigenvalue weighted by atomic mass is 9.83. The van der Waals surface area contributed by atoms with E-state index in [1.54, 1.807) is 0 Å². The Morgan fingerprint density at radius 1 is 1.16 bits per heavy atom. The van der Waals surface area contributed by atoms with Crippen molar-refractivity contribution in [1.29, 1.82) is 0 Å². The van der Waals surface area contributed by atoms with E-state index in [4.69, 9.17) is 0 Å². The van der Waals surface area contributed by atoms with E-state index in [9.17, 15) is 5.11 Å². The number of phenolic OH excluding ortho intramolecular Hbond substituents is 1. The van der Waals surface area contributed by atoms with Crippen molar-refractivity contribution in [2.75, 3.05) is 6.54 Å². The summed E-state index contributed by atoms with van der Waals surface area (Å²) in [6.07, 6.45) is 6.34. The van der Waals surface area contributed by atoms with Crippen LogP contribution >= 0.6 is 0 Å². The quantitative estimate of drug-likeness (QED) is 0.827. The van der Waals surface area contributed by atoms with Gasteiger partial charge in [-0.05, 0) is 74.8 Å². The minimum Gasteiger partial charge on any atom is -0.508 e. The van der Waals surface area contributed by atoms with Crippen LogP contribution in [0.15, 0.2) is 18.2 Å². The third kappa shape index (κ3) is 2.38. The highest BCUT2D eigenvalue weighted by Gasteiger charge is 2.33. The van der Waals surface area contributed by atoms with Crippen molar-refractivity contribution in [1.82, 2.24) is 4.90 Å². The van der Waals surface area contributed by atoms with Gasteiger partial charge in [-0.25, -0.2) is 0 Å². The van der Waals surface area contributed by atoms with E-state index in [-0.39, 0.29) is 0 Å². The summed E-state index contributed by atoms with van der Waals surface area (Å²) in [4.78, 5) is 2.71. The van der Waals surface area contributed by atoms with E-state index in [1.807, 2.05) is 12.1 Å². The van der Waals surface area contributed by atoms with E-state index in [0.29, 0.717) is 17.8 Å². The summed E-state index contributed by atoms with van der Waals surface area (Å²) in [7, 11) is 0. The Hall–Kier alpha value is -1.02. The lowest BCUT2D eigenvalue weighted by Crippen LogP contribution is -2.45. The standard InChI is InChI=1S/C17H25NO/c1-12-5-4-10-18(13(12)2)17-7-3-6-14-11-15(19)8-9-16(14)17/h8-9,11-13,17,19H,3-7,10H2,1-2H3. The van der Waals surface area contributed by atoms with Crippen molar-refractivity contribution in [3.8, 4) is 5.75 Å². The van der Waals surface area contributed by atoms with Crippen molar-refractivity contribution in [2.24, 2.45) is 5.92 Å². The van der Waals surface area contributed by atoms with Gasteiger partial charge in [-0.3, -0.25) is 4.90 Å². The number of phenols is 1. The van der Waals surface area contributed by atoms with Crippen LogP contribution in [0.4, 0.5) is 0 Å². The number of nitrogens with zero attached hydrogens (tertiary/aromatic N) is 1. The first-order valence-corrected chi connectivity index (χ1v) is 7.74. The molecule has 104 valence electrons. The maximum atomic E-state index is 9.67. The lowest BCUT2D eigenvalue weighted by molar-refractivity contribution is 0.0594. The van der Waals surface area contributed by atoms with Crippen LogP contribution in [0.5, 0.6) is 5.75 Å². The molecule has 0 amide bonds. The van der Waals surface area contributed by atoms with Gasteiger partial charge in [0.2, 0.25) is 0 Å². The van der Waals surface area contributed by atoms with Crippen molar-refractivity contribution in [3.63, 3.8) is 0 Å². The highest BCUT2D eigenvalue weighted by atomic mass is 16.3. The molecule has 1 saturated heterocycles. The Morgan fingerprint density at radius 3 is 2.84 bits per heavy atom. The number of rotatable bonds is 1. The molecule has 1 heterocycles. The molecule has 0 radical (unpaired) electrons. The van der Waals surface area contributed by atoms with Gasteiger partial charge >= 0.3 is 0 Å². The molecule has 1 aromatic rings. The van der Waals surface area contributed by atoms with Crippen LogP contribution in [0.25, 0.3) is 0 Å².